The number of carbonyl (C=O) groups is 2. The second-order valence-electron chi connectivity index (χ2n) is 6.63. The van der Waals surface area contributed by atoms with Crippen molar-refractivity contribution in [3.8, 4) is 0 Å². The zero-order valence-electron chi connectivity index (χ0n) is 15.7. The van der Waals surface area contributed by atoms with E-state index in [2.05, 4.69) is 15.1 Å². The van der Waals surface area contributed by atoms with E-state index < -0.39 is 11.7 Å². The Hall–Kier alpha value is -2.65. The van der Waals surface area contributed by atoms with Gasteiger partial charge in [0.25, 0.3) is 5.76 Å². The molecule has 1 fully saturated rings. The van der Waals surface area contributed by atoms with Gasteiger partial charge in [-0.2, -0.15) is 8.78 Å². The Balaban J connectivity index is 1.45. The van der Waals surface area contributed by atoms with Gasteiger partial charge in [0, 0.05) is 48.0 Å². The Morgan fingerprint density at radius 3 is 2.17 bits per heavy atom. The maximum Gasteiger partial charge on any atom is 0.288 e. The molecule has 0 aromatic heterocycles. The van der Waals surface area contributed by atoms with Gasteiger partial charge in [0.1, 0.15) is 0 Å². The number of alkyl halides is 2. The maximum atomic E-state index is 12.3. The Kier molecular flexibility index (Phi) is 7.05. The van der Waals surface area contributed by atoms with Gasteiger partial charge >= 0.3 is 0 Å². The van der Waals surface area contributed by atoms with Crippen molar-refractivity contribution in [2.75, 3.05) is 42.9 Å². The molecule has 0 saturated carbocycles. The van der Waals surface area contributed by atoms with Gasteiger partial charge in [-0.3, -0.25) is 14.5 Å². The van der Waals surface area contributed by atoms with Crippen molar-refractivity contribution in [3.63, 3.8) is 0 Å². The lowest BCUT2D eigenvalue weighted by Crippen LogP contribution is -2.48. The molecule has 0 radical (unpaired) electrons. The average molecular weight is 420 g/mol. The minimum atomic E-state index is -2.46. The summed E-state index contributed by atoms with van der Waals surface area (Å²) in [5, 5.41) is 2.79. The molecule has 154 valence electrons. The molecule has 0 aliphatic carbocycles. The fourth-order valence-corrected chi connectivity index (χ4v) is 3.62. The van der Waals surface area contributed by atoms with E-state index in [0.29, 0.717) is 27.9 Å². The third-order valence-corrected chi connectivity index (χ3v) is 5.34. The highest BCUT2D eigenvalue weighted by molar-refractivity contribution is 7.99. The number of anilines is 2. The first-order chi connectivity index (χ1) is 13.9. The van der Waals surface area contributed by atoms with Gasteiger partial charge < -0.3 is 16.0 Å². The van der Waals surface area contributed by atoms with Crippen molar-refractivity contribution in [3.05, 3.63) is 54.1 Å². The number of hydrogen-bond acceptors (Lipinski definition) is 5. The van der Waals surface area contributed by atoms with Crippen LogP contribution in [0.5, 0.6) is 0 Å². The van der Waals surface area contributed by atoms with Crippen LogP contribution in [0.15, 0.2) is 53.4 Å². The summed E-state index contributed by atoms with van der Waals surface area (Å²) in [5.74, 6) is -3.05. The van der Waals surface area contributed by atoms with E-state index in [1.807, 2.05) is 12.1 Å². The van der Waals surface area contributed by atoms with Gasteiger partial charge in [0.2, 0.25) is 11.8 Å². The van der Waals surface area contributed by atoms with Crippen molar-refractivity contribution >= 4 is 35.0 Å². The fraction of sp³-hybridized carbons (Fsp3) is 0.300. The first-order valence-corrected chi connectivity index (χ1v) is 10.0. The number of nitrogens with zero attached hydrogens (tertiary/aromatic N) is 2. The van der Waals surface area contributed by atoms with Crippen LogP contribution in [0.25, 0.3) is 0 Å². The molecule has 0 unspecified atom stereocenters. The highest BCUT2D eigenvalue weighted by Gasteiger charge is 2.19. The van der Waals surface area contributed by atoms with Crippen LogP contribution in [0.1, 0.15) is 10.4 Å². The molecule has 2 aromatic rings. The van der Waals surface area contributed by atoms with Crippen molar-refractivity contribution < 1.29 is 18.4 Å². The van der Waals surface area contributed by atoms with Crippen LogP contribution in [-0.2, 0) is 4.79 Å². The second-order valence-corrected chi connectivity index (χ2v) is 7.69. The number of carbonyl (C=O) groups excluding carboxylic acids is 2. The lowest BCUT2D eigenvalue weighted by Gasteiger charge is -2.35. The number of piperazine rings is 1. The summed E-state index contributed by atoms with van der Waals surface area (Å²) < 4.78 is 24.7. The summed E-state index contributed by atoms with van der Waals surface area (Å²) in [6, 6.07) is 13.5. The summed E-state index contributed by atoms with van der Waals surface area (Å²) in [6.07, 6.45) is 0. The average Bonchev–Trinajstić information content (AvgIpc) is 2.70. The number of hydrogen-bond donors (Lipinski definition) is 2. The van der Waals surface area contributed by atoms with Crippen molar-refractivity contribution in [1.82, 2.24) is 4.90 Å². The van der Waals surface area contributed by atoms with Crippen molar-refractivity contribution in [2.24, 2.45) is 5.73 Å². The molecule has 1 aliphatic rings. The topological polar surface area (TPSA) is 78.7 Å². The van der Waals surface area contributed by atoms with E-state index in [1.54, 1.807) is 36.4 Å². The number of nitrogens with one attached hydrogen (secondary N) is 1. The summed E-state index contributed by atoms with van der Waals surface area (Å²) in [6.45, 7) is 3.26. The molecule has 6 nitrogen and oxygen atoms in total. The van der Waals surface area contributed by atoms with Gasteiger partial charge in [0.05, 0.1) is 6.54 Å². The molecule has 9 heteroatoms. The van der Waals surface area contributed by atoms with Gasteiger partial charge in [-0.05, 0) is 48.5 Å². The molecule has 1 heterocycles. The number of benzene rings is 2. The standard InChI is InChI=1S/C20H22F2N4O2S/c21-20(22)29-17-7-3-15(4-8-17)24-18(27)13-25-9-11-26(12-10-25)16-5-1-14(2-6-16)19(23)28/h1-8,20H,9-13H2,(H2,23,28)(H,24,27). The second kappa shape index (κ2) is 9.71. The Morgan fingerprint density at radius 2 is 1.62 bits per heavy atom. The lowest BCUT2D eigenvalue weighted by molar-refractivity contribution is -0.117. The van der Waals surface area contributed by atoms with Crippen LogP contribution in [0.2, 0.25) is 0 Å². The Morgan fingerprint density at radius 1 is 1.00 bits per heavy atom. The van der Waals surface area contributed by atoms with E-state index in [9.17, 15) is 18.4 Å². The number of amides is 2. The molecule has 0 spiro atoms. The minimum absolute atomic E-state index is 0.140. The van der Waals surface area contributed by atoms with Gasteiger partial charge in [-0.15, -0.1) is 0 Å². The number of thioether (sulfide) groups is 1. The first-order valence-electron chi connectivity index (χ1n) is 9.12. The molecular formula is C20H22F2N4O2S. The molecule has 1 aliphatic heterocycles. The number of halogens is 2. The van der Waals surface area contributed by atoms with Gasteiger partial charge in [0.15, 0.2) is 0 Å². The summed E-state index contributed by atoms with van der Waals surface area (Å²) in [7, 11) is 0. The minimum Gasteiger partial charge on any atom is -0.369 e. The van der Waals surface area contributed by atoms with Crippen molar-refractivity contribution in [1.29, 1.82) is 0 Å². The largest absolute Gasteiger partial charge is 0.369 e. The fourth-order valence-electron chi connectivity index (χ4n) is 3.12. The first kappa shape index (κ1) is 21.1. The molecule has 29 heavy (non-hydrogen) atoms. The molecule has 3 rings (SSSR count). The Labute approximate surface area is 172 Å². The third-order valence-electron chi connectivity index (χ3n) is 4.62. The van der Waals surface area contributed by atoms with Crippen molar-refractivity contribution in [2.45, 2.75) is 10.7 Å². The van der Waals surface area contributed by atoms with Crippen LogP contribution < -0.4 is 16.0 Å². The smallest absolute Gasteiger partial charge is 0.288 e. The van der Waals surface area contributed by atoms with Crippen LogP contribution in [0, 0.1) is 0 Å². The highest BCUT2D eigenvalue weighted by atomic mass is 32.2. The predicted octanol–water partition coefficient (Wildman–Crippen LogP) is 2.86. The molecule has 3 N–H and O–H groups in total. The van der Waals surface area contributed by atoms with E-state index in [-0.39, 0.29) is 12.5 Å². The molecular weight excluding hydrogens is 398 g/mol. The maximum absolute atomic E-state index is 12.3. The van der Waals surface area contributed by atoms with E-state index in [0.717, 1.165) is 31.9 Å². The SMILES string of the molecule is NC(=O)c1ccc(N2CCN(CC(=O)Nc3ccc(SC(F)F)cc3)CC2)cc1. The highest BCUT2D eigenvalue weighted by Crippen LogP contribution is 2.26. The molecule has 2 aromatic carbocycles. The Bertz CT molecular complexity index is 839. The summed E-state index contributed by atoms with van der Waals surface area (Å²) in [4.78, 5) is 28.1. The summed E-state index contributed by atoms with van der Waals surface area (Å²) in [5.41, 5.74) is 7.34. The quantitative estimate of drug-likeness (QED) is 0.674. The van der Waals surface area contributed by atoms with E-state index in [1.165, 1.54) is 0 Å². The van der Waals surface area contributed by atoms with Gasteiger partial charge in [-0.1, -0.05) is 11.8 Å². The zero-order valence-corrected chi connectivity index (χ0v) is 16.5. The monoisotopic (exact) mass is 420 g/mol. The third kappa shape index (κ3) is 6.16. The zero-order chi connectivity index (χ0) is 20.8. The normalized spacial score (nSPS) is 14.8. The number of rotatable bonds is 7. The molecule has 1 saturated heterocycles. The van der Waals surface area contributed by atoms with Gasteiger partial charge in [-0.25, -0.2) is 0 Å². The molecule has 0 atom stereocenters. The van der Waals surface area contributed by atoms with Crippen LogP contribution in [-0.4, -0.2) is 55.2 Å². The van der Waals surface area contributed by atoms with E-state index >= 15 is 0 Å². The van der Waals surface area contributed by atoms with Crippen LogP contribution in [0.3, 0.4) is 0 Å². The summed E-state index contributed by atoms with van der Waals surface area (Å²) >= 11 is 0.473. The molecule has 0 bridgehead atoms. The van der Waals surface area contributed by atoms with Crippen LogP contribution in [0.4, 0.5) is 20.2 Å². The van der Waals surface area contributed by atoms with Crippen LogP contribution >= 0.6 is 11.8 Å². The molecule has 2 amide bonds. The number of nitrogens with two attached hydrogens (primary N) is 1. The lowest BCUT2D eigenvalue weighted by atomic mass is 10.1. The number of primary amides is 1. The predicted molar refractivity (Wildman–Crippen MR) is 111 cm³/mol. The van der Waals surface area contributed by atoms with E-state index in [4.69, 9.17) is 5.73 Å².